The number of rotatable bonds is 4. The molecule has 2 aliphatic heterocycles. The van der Waals surface area contributed by atoms with Gasteiger partial charge >= 0.3 is 10.2 Å². The minimum absolute atomic E-state index is 0.00835. The fourth-order valence-electron chi connectivity index (χ4n) is 3.34. The minimum Gasteiger partial charge on any atom is -0.376 e. The van der Waals surface area contributed by atoms with Gasteiger partial charge in [-0.15, -0.1) is 0 Å². The van der Waals surface area contributed by atoms with Gasteiger partial charge in [0.1, 0.15) is 5.82 Å². The molecule has 0 radical (unpaired) electrons. The highest BCUT2D eigenvalue weighted by Crippen LogP contribution is 2.45. The third-order valence-electron chi connectivity index (χ3n) is 4.60. The number of para-hydroxylation sites is 2. The van der Waals surface area contributed by atoms with Gasteiger partial charge in [-0.2, -0.15) is 8.42 Å². The Morgan fingerprint density at radius 1 is 1.12 bits per heavy atom. The van der Waals surface area contributed by atoms with Gasteiger partial charge in [-0.05, 0) is 42.8 Å². The second-order valence-corrected chi connectivity index (χ2v) is 8.00. The van der Waals surface area contributed by atoms with E-state index in [0.29, 0.717) is 36.6 Å². The highest BCUT2D eigenvalue weighted by Gasteiger charge is 2.41. The summed E-state index contributed by atoms with van der Waals surface area (Å²) in [6, 6.07) is 12.6. The smallest absolute Gasteiger partial charge is 0.330 e. The Morgan fingerprint density at radius 2 is 1.85 bits per heavy atom. The van der Waals surface area contributed by atoms with Gasteiger partial charge in [0.2, 0.25) is 0 Å². The molecule has 1 N–H and O–H groups in total. The largest absolute Gasteiger partial charge is 0.376 e. The molecule has 2 aromatic carbocycles. The van der Waals surface area contributed by atoms with Gasteiger partial charge in [0.25, 0.3) is 0 Å². The van der Waals surface area contributed by atoms with Crippen molar-refractivity contribution in [1.29, 1.82) is 0 Å². The van der Waals surface area contributed by atoms with Gasteiger partial charge in [0.15, 0.2) is 0 Å². The van der Waals surface area contributed by atoms with E-state index in [2.05, 4.69) is 5.32 Å². The Morgan fingerprint density at radius 3 is 2.54 bits per heavy atom. The first kappa shape index (κ1) is 17.3. The zero-order valence-corrected chi connectivity index (χ0v) is 15.0. The van der Waals surface area contributed by atoms with Gasteiger partial charge in [-0.3, -0.25) is 4.31 Å². The topological polar surface area (TPSA) is 61.9 Å². The van der Waals surface area contributed by atoms with Gasteiger partial charge in [-0.25, -0.2) is 8.70 Å². The highest BCUT2D eigenvalue weighted by molar-refractivity contribution is 7.95. The lowest BCUT2D eigenvalue weighted by molar-refractivity contribution is 0.0254. The fourth-order valence-corrected chi connectivity index (χ4v) is 5.07. The van der Waals surface area contributed by atoms with Gasteiger partial charge < -0.3 is 10.1 Å². The molecular formula is C18H20FN3O3S. The van der Waals surface area contributed by atoms with E-state index in [-0.39, 0.29) is 6.10 Å². The Labute approximate surface area is 152 Å². The van der Waals surface area contributed by atoms with E-state index in [1.54, 1.807) is 18.2 Å². The number of anilines is 3. The molecule has 0 bridgehead atoms. The number of nitrogens with zero attached hydrogens (tertiary/aromatic N) is 2. The van der Waals surface area contributed by atoms with E-state index in [1.807, 2.05) is 6.07 Å². The number of benzene rings is 2. The van der Waals surface area contributed by atoms with Crippen molar-refractivity contribution in [3.05, 3.63) is 54.3 Å². The second kappa shape index (κ2) is 6.86. The van der Waals surface area contributed by atoms with E-state index in [4.69, 9.17) is 4.74 Å². The number of morpholine rings is 1. The molecule has 2 aromatic rings. The van der Waals surface area contributed by atoms with Gasteiger partial charge in [0.05, 0.1) is 29.8 Å². The van der Waals surface area contributed by atoms with Gasteiger partial charge in [-0.1, -0.05) is 12.1 Å². The fraction of sp³-hybridized carbons (Fsp3) is 0.333. The standard InChI is InChI=1S/C18H20FN3O3S/c19-14-5-7-15(8-6-14)22-18-4-2-1-3-17(18)21(26(22,23)24)11-9-16-13-20-10-12-25-16/h1-8,16,20H,9-13H2. The van der Waals surface area contributed by atoms with Crippen molar-refractivity contribution in [1.82, 2.24) is 5.32 Å². The maximum atomic E-state index is 13.3. The molecule has 1 saturated heterocycles. The number of fused-ring (bicyclic) bond motifs is 1. The maximum Gasteiger partial charge on any atom is 0.330 e. The maximum absolute atomic E-state index is 13.3. The summed E-state index contributed by atoms with van der Waals surface area (Å²) in [5, 5.41) is 3.25. The first-order chi connectivity index (χ1) is 12.6. The number of halogens is 1. The number of ether oxygens (including phenoxy) is 1. The third-order valence-corrected chi connectivity index (χ3v) is 6.40. The van der Waals surface area contributed by atoms with Crippen molar-refractivity contribution >= 4 is 27.3 Å². The average Bonchev–Trinajstić information content (AvgIpc) is 2.88. The van der Waals surface area contributed by atoms with Crippen molar-refractivity contribution in [3.8, 4) is 0 Å². The molecule has 0 aromatic heterocycles. The summed E-state index contributed by atoms with van der Waals surface area (Å²) >= 11 is 0. The first-order valence-corrected chi connectivity index (χ1v) is 9.97. The van der Waals surface area contributed by atoms with Crippen LogP contribution in [0.25, 0.3) is 0 Å². The Balaban J connectivity index is 1.66. The van der Waals surface area contributed by atoms with E-state index >= 15 is 0 Å². The summed E-state index contributed by atoms with van der Waals surface area (Å²) in [5.74, 6) is -0.405. The lowest BCUT2D eigenvalue weighted by Gasteiger charge is -2.26. The molecule has 0 spiro atoms. The normalized spacial score (nSPS) is 21.7. The van der Waals surface area contributed by atoms with Crippen LogP contribution in [-0.4, -0.2) is 40.8 Å². The lowest BCUT2D eigenvalue weighted by Crippen LogP contribution is -2.42. The summed E-state index contributed by atoms with van der Waals surface area (Å²) < 4.78 is 48.0. The van der Waals surface area contributed by atoms with Crippen molar-refractivity contribution < 1.29 is 17.5 Å². The van der Waals surface area contributed by atoms with Crippen LogP contribution < -0.4 is 13.9 Å². The molecule has 2 aliphatic rings. The summed E-state index contributed by atoms with van der Waals surface area (Å²) in [6.07, 6.45) is 0.587. The van der Waals surface area contributed by atoms with E-state index < -0.39 is 16.0 Å². The van der Waals surface area contributed by atoms with Crippen LogP contribution in [0.1, 0.15) is 6.42 Å². The van der Waals surface area contributed by atoms with Crippen LogP contribution in [0.4, 0.5) is 21.5 Å². The predicted octanol–water partition coefficient (Wildman–Crippen LogP) is 2.41. The summed E-state index contributed by atoms with van der Waals surface area (Å²) in [4.78, 5) is 0. The van der Waals surface area contributed by atoms with Crippen LogP contribution in [0.5, 0.6) is 0 Å². The molecule has 2 heterocycles. The van der Waals surface area contributed by atoms with Gasteiger partial charge in [0, 0.05) is 19.6 Å². The molecule has 0 aliphatic carbocycles. The molecule has 138 valence electrons. The molecule has 6 nitrogen and oxygen atoms in total. The van der Waals surface area contributed by atoms with Crippen LogP contribution in [0.2, 0.25) is 0 Å². The molecule has 0 amide bonds. The molecule has 1 atom stereocenters. The lowest BCUT2D eigenvalue weighted by atomic mass is 10.2. The number of hydrogen-bond acceptors (Lipinski definition) is 4. The second-order valence-electron chi connectivity index (χ2n) is 6.30. The van der Waals surface area contributed by atoms with E-state index in [1.165, 1.54) is 32.9 Å². The van der Waals surface area contributed by atoms with Crippen LogP contribution >= 0.6 is 0 Å². The Hall–Kier alpha value is -2.16. The highest BCUT2D eigenvalue weighted by atomic mass is 32.2. The molecular weight excluding hydrogens is 357 g/mol. The minimum atomic E-state index is -3.79. The molecule has 0 saturated carbocycles. The molecule has 8 heteroatoms. The summed E-state index contributed by atoms with van der Waals surface area (Å²) in [6.45, 7) is 2.50. The quantitative estimate of drug-likeness (QED) is 0.889. The van der Waals surface area contributed by atoms with Crippen LogP contribution in [0.3, 0.4) is 0 Å². The van der Waals surface area contributed by atoms with Crippen LogP contribution in [0, 0.1) is 5.82 Å². The SMILES string of the molecule is O=S1(=O)N(CCC2CNCCO2)c2ccccc2N1c1ccc(F)cc1. The van der Waals surface area contributed by atoms with Crippen LogP contribution in [-0.2, 0) is 14.9 Å². The van der Waals surface area contributed by atoms with Crippen molar-refractivity contribution in [2.45, 2.75) is 12.5 Å². The zero-order valence-electron chi connectivity index (χ0n) is 14.1. The molecule has 4 rings (SSSR count). The van der Waals surface area contributed by atoms with E-state index in [0.717, 1.165) is 13.1 Å². The summed E-state index contributed by atoms with van der Waals surface area (Å²) in [5.41, 5.74) is 1.61. The molecule has 1 fully saturated rings. The van der Waals surface area contributed by atoms with Crippen molar-refractivity contribution in [2.24, 2.45) is 0 Å². The zero-order chi connectivity index (χ0) is 18.1. The third kappa shape index (κ3) is 3.04. The van der Waals surface area contributed by atoms with Crippen molar-refractivity contribution in [2.75, 3.05) is 34.9 Å². The molecule has 1 unspecified atom stereocenters. The Bertz CT molecular complexity index is 883. The number of nitrogens with one attached hydrogen (secondary N) is 1. The Kier molecular flexibility index (Phi) is 4.56. The first-order valence-electron chi connectivity index (χ1n) is 8.57. The van der Waals surface area contributed by atoms with Crippen LogP contribution in [0.15, 0.2) is 48.5 Å². The number of hydrogen-bond donors (Lipinski definition) is 1. The summed E-state index contributed by atoms with van der Waals surface area (Å²) in [7, 11) is -3.79. The molecule has 26 heavy (non-hydrogen) atoms. The monoisotopic (exact) mass is 377 g/mol. The average molecular weight is 377 g/mol. The predicted molar refractivity (Wildman–Crippen MR) is 98.5 cm³/mol. The van der Waals surface area contributed by atoms with Crippen molar-refractivity contribution in [3.63, 3.8) is 0 Å². The van der Waals surface area contributed by atoms with E-state index in [9.17, 15) is 12.8 Å².